The van der Waals surface area contributed by atoms with Crippen LogP contribution in [0.4, 0.5) is 0 Å². The van der Waals surface area contributed by atoms with Gasteiger partial charge < -0.3 is 10.2 Å². The SMILES string of the molecule is CCCN(CCC)C(=O)C1CCC2S/C(=C\c3ccccc3)C(=O)NC2C1. The second kappa shape index (κ2) is 9.45. The summed E-state index contributed by atoms with van der Waals surface area (Å²) in [4.78, 5) is 28.3. The first-order valence-electron chi connectivity index (χ1n) is 10.2. The third-order valence-corrected chi connectivity index (χ3v) is 6.77. The van der Waals surface area contributed by atoms with Gasteiger partial charge in [0.2, 0.25) is 5.91 Å². The number of rotatable bonds is 6. The van der Waals surface area contributed by atoms with Gasteiger partial charge in [-0.25, -0.2) is 0 Å². The van der Waals surface area contributed by atoms with Crippen LogP contribution in [-0.4, -0.2) is 41.1 Å². The summed E-state index contributed by atoms with van der Waals surface area (Å²) in [6.45, 7) is 5.90. The summed E-state index contributed by atoms with van der Waals surface area (Å²) >= 11 is 1.69. The number of amides is 2. The predicted molar refractivity (Wildman–Crippen MR) is 112 cm³/mol. The zero-order valence-corrected chi connectivity index (χ0v) is 17.1. The number of hydrogen-bond donors (Lipinski definition) is 1. The summed E-state index contributed by atoms with van der Waals surface area (Å²) in [5.74, 6) is 0.323. The average molecular weight is 387 g/mol. The Morgan fingerprint density at radius 3 is 2.56 bits per heavy atom. The van der Waals surface area contributed by atoms with Crippen molar-refractivity contribution in [3.05, 3.63) is 40.8 Å². The van der Waals surface area contributed by atoms with Gasteiger partial charge >= 0.3 is 0 Å². The maximum atomic E-state index is 12.9. The summed E-state index contributed by atoms with van der Waals surface area (Å²) in [6.07, 6.45) is 6.62. The van der Waals surface area contributed by atoms with E-state index in [9.17, 15) is 9.59 Å². The number of nitrogens with zero attached hydrogens (tertiary/aromatic N) is 1. The zero-order valence-electron chi connectivity index (χ0n) is 16.3. The van der Waals surface area contributed by atoms with E-state index in [1.165, 1.54) is 0 Å². The minimum atomic E-state index is -0.00262. The minimum absolute atomic E-state index is 0.00262. The van der Waals surface area contributed by atoms with Gasteiger partial charge in [-0.3, -0.25) is 9.59 Å². The van der Waals surface area contributed by atoms with Crippen LogP contribution in [0.25, 0.3) is 6.08 Å². The van der Waals surface area contributed by atoms with Crippen molar-refractivity contribution in [2.75, 3.05) is 13.1 Å². The van der Waals surface area contributed by atoms with Crippen LogP contribution in [-0.2, 0) is 9.59 Å². The van der Waals surface area contributed by atoms with Crippen LogP contribution in [0.1, 0.15) is 51.5 Å². The monoisotopic (exact) mass is 386 g/mol. The van der Waals surface area contributed by atoms with Gasteiger partial charge in [0.1, 0.15) is 0 Å². The molecule has 3 unspecified atom stereocenters. The van der Waals surface area contributed by atoms with Crippen molar-refractivity contribution in [2.45, 2.75) is 57.2 Å². The number of carbonyl (C=O) groups excluding carboxylic acids is 2. The van der Waals surface area contributed by atoms with Gasteiger partial charge in [0, 0.05) is 30.3 Å². The molecule has 2 amide bonds. The van der Waals surface area contributed by atoms with Gasteiger partial charge in [-0.1, -0.05) is 44.2 Å². The predicted octanol–water partition coefficient (Wildman–Crippen LogP) is 4.08. The van der Waals surface area contributed by atoms with Crippen molar-refractivity contribution >= 4 is 29.7 Å². The Labute approximate surface area is 166 Å². The minimum Gasteiger partial charge on any atom is -0.348 e. The van der Waals surface area contributed by atoms with Crippen LogP contribution in [0.5, 0.6) is 0 Å². The lowest BCUT2D eigenvalue weighted by atomic mass is 9.84. The normalized spacial score (nSPS) is 26.4. The largest absolute Gasteiger partial charge is 0.348 e. The Kier molecular flexibility index (Phi) is 7.00. The first-order valence-corrected chi connectivity index (χ1v) is 11.0. The molecule has 1 saturated heterocycles. The molecule has 0 bridgehead atoms. The Morgan fingerprint density at radius 1 is 1.19 bits per heavy atom. The zero-order chi connectivity index (χ0) is 19.2. The highest BCUT2D eigenvalue weighted by Gasteiger charge is 2.40. The highest BCUT2D eigenvalue weighted by atomic mass is 32.2. The molecule has 1 aliphatic heterocycles. The second-order valence-electron chi connectivity index (χ2n) is 7.49. The maximum Gasteiger partial charge on any atom is 0.257 e. The van der Waals surface area contributed by atoms with Crippen LogP contribution in [0.15, 0.2) is 35.2 Å². The lowest BCUT2D eigenvalue weighted by molar-refractivity contribution is -0.137. The molecule has 2 aliphatic rings. The van der Waals surface area contributed by atoms with E-state index >= 15 is 0 Å². The molecule has 0 spiro atoms. The summed E-state index contributed by atoms with van der Waals surface area (Å²) in [6, 6.07) is 10.1. The van der Waals surface area contributed by atoms with Gasteiger partial charge in [0.15, 0.2) is 0 Å². The summed E-state index contributed by atoms with van der Waals surface area (Å²) in [7, 11) is 0. The van der Waals surface area contributed by atoms with Crippen molar-refractivity contribution in [1.82, 2.24) is 10.2 Å². The van der Waals surface area contributed by atoms with Crippen LogP contribution >= 0.6 is 11.8 Å². The van der Waals surface area contributed by atoms with Crippen molar-refractivity contribution in [1.29, 1.82) is 0 Å². The third-order valence-electron chi connectivity index (χ3n) is 5.35. The molecule has 0 radical (unpaired) electrons. The molecule has 1 aromatic carbocycles. The van der Waals surface area contributed by atoms with Crippen molar-refractivity contribution in [3.8, 4) is 0 Å². The summed E-state index contributed by atoms with van der Waals surface area (Å²) in [5, 5.41) is 3.55. The Bertz CT molecular complexity index is 683. The maximum absolute atomic E-state index is 12.9. The molecule has 4 nitrogen and oxygen atoms in total. The third kappa shape index (κ3) is 4.95. The van der Waals surface area contributed by atoms with E-state index in [0.717, 1.165) is 55.7 Å². The molecule has 146 valence electrons. The van der Waals surface area contributed by atoms with E-state index in [2.05, 4.69) is 19.2 Å². The van der Waals surface area contributed by atoms with Crippen LogP contribution < -0.4 is 5.32 Å². The molecule has 1 heterocycles. The number of fused-ring (bicyclic) bond motifs is 1. The molecule has 1 saturated carbocycles. The quantitative estimate of drug-likeness (QED) is 0.750. The summed E-state index contributed by atoms with van der Waals surface area (Å²) < 4.78 is 0. The molecule has 2 fully saturated rings. The van der Waals surface area contributed by atoms with E-state index in [4.69, 9.17) is 0 Å². The van der Waals surface area contributed by atoms with Gasteiger partial charge in [-0.2, -0.15) is 0 Å². The van der Waals surface area contributed by atoms with E-state index in [0.29, 0.717) is 5.25 Å². The van der Waals surface area contributed by atoms with Gasteiger partial charge in [0.05, 0.1) is 4.91 Å². The van der Waals surface area contributed by atoms with Gasteiger partial charge in [-0.15, -0.1) is 11.8 Å². The molecule has 3 rings (SSSR count). The molecule has 3 atom stereocenters. The molecule has 1 aromatic rings. The topological polar surface area (TPSA) is 49.4 Å². The number of benzene rings is 1. The number of thioether (sulfide) groups is 1. The molecular formula is C22H30N2O2S. The van der Waals surface area contributed by atoms with Crippen molar-refractivity contribution in [2.24, 2.45) is 5.92 Å². The number of carbonyl (C=O) groups is 2. The lowest BCUT2D eigenvalue weighted by Gasteiger charge is -2.40. The van der Waals surface area contributed by atoms with Gasteiger partial charge in [0.25, 0.3) is 5.91 Å². The number of nitrogens with one attached hydrogen (secondary N) is 1. The number of hydrogen-bond acceptors (Lipinski definition) is 3. The smallest absolute Gasteiger partial charge is 0.257 e. The molecule has 1 aliphatic carbocycles. The Balaban J connectivity index is 1.64. The van der Waals surface area contributed by atoms with Crippen molar-refractivity contribution in [3.63, 3.8) is 0 Å². The average Bonchev–Trinajstić information content (AvgIpc) is 2.68. The highest BCUT2D eigenvalue weighted by molar-refractivity contribution is 8.04. The fourth-order valence-corrected chi connectivity index (χ4v) is 5.34. The molecule has 1 N–H and O–H groups in total. The fourth-order valence-electron chi connectivity index (χ4n) is 4.05. The van der Waals surface area contributed by atoms with Crippen LogP contribution in [0, 0.1) is 5.92 Å². The van der Waals surface area contributed by atoms with Gasteiger partial charge in [-0.05, 0) is 43.7 Å². The van der Waals surface area contributed by atoms with E-state index < -0.39 is 0 Å². The lowest BCUT2D eigenvalue weighted by Crippen LogP contribution is -2.52. The Hall–Kier alpha value is -1.75. The highest BCUT2D eigenvalue weighted by Crippen LogP contribution is 2.40. The summed E-state index contributed by atoms with van der Waals surface area (Å²) in [5.41, 5.74) is 1.05. The fraction of sp³-hybridized carbons (Fsp3) is 0.545. The molecule has 0 aromatic heterocycles. The molecular weight excluding hydrogens is 356 g/mol. The molecule has 5 heteroatoms. The second-order valence-corrected chi connectivity index (χ2v) is 8.77. The van der Waals surface area contributed by atoms with Crippen LogP contribution in [0.3, 0.4) is 0 Å². The first kappa shape index (κ1) is 20.0. The standard InChI is InChI=1S/C22H30N2O2S/c1-3-12-24(13-4-2)22(26)17-10-11-19-18(15-17)23-21(25)20(27-19)14-16-8-6-5-7-9-16/h5-9,14,17-19H,3-4,10-13,15H2,1-2H3,(H,23,25)/b20-14-. The Morgan fingerprint density at radius 2 is 1.89 bits per heavy atom. The van der Waals surface area contributed by atoms with Crippen molar-refractivity contribution < 1.29 is 9.59 Å². The van der Waals surface area contributed by atoms with Crippen LogP contribution in [0.2, 0.25) is 0 Å². The molecule has 27 heavy (non-hydrogen) atoms. The van der Waals surface area contributed by atoms with E-state index in [1.54, 1.807) is 11.8 Å². The first-order chi connectivity index (χ1) is 13.1. The van der Waals surface area contributed by atoms with E-state index in [1.807, 2.05) is 41.3 Å². The van der Waals surface area contributed by atoms with E-state index in [-0.39, 0.29) is 23.8 Å².